The van der Waals surface area contributed by atoms with E-state index in [4.69, 9.17) is 5.53 Å². The highest BCUT2D eigenvalue weighted by atomic mass is 15.2. The lowest BCUT2D eigenvalue weighted by Crippen LogP contribution is -2.08. The first-order chi connectivity index (χ1) is 5.42. The van der Waals surface area contributed by atoms with E-state index in [1.54, 1.807) is 0 Å². The molecule has 1 heterocycles. The van der Waals surface area contributed by atoms with Crippen molar-refractivity contribution in [1.82, 2.24) is 10.8 Å². The highest BCUT2D eigenvalue weighted by Crippen LogP contribution is 2.24. The Morgan fingerprint density at radius 2 is 2.27 bits per heavy atom. The van der Waals surface area contributed by atoms with Gasteiger partial charge in [-0.05, 0) is 16.7 Å². The van der Waals surface area contributed by atoms with Gasteiger partial charge in [-0.1, -0.05) is 24.3 Å². The van der Waals surface area contributed by atoms with Crippen molar-refractivity contribution in [1.29, 1.82) is 0 Å². The molecule has 2 rings (SSSR count). The molecule has 3 nitrogen and oxygen atoms in total. The number of hydrogen-bond donors (Lipinski definition) is 1. The summed E-state index contributed by atoms with van der Waals surface area (Å²) >= 11 is 0. The van der Waals surface area contributed by atoms with Gasteiger partial charge in [0, 0.05) is 6.54 Å². The van der Waals surface area contributed by atoms with Gasteiger partial charge in [-0.15, -0.1) is 5.11 Å². The normalized spacial score (nSPS) is 21.3. The average Bonchev–Trinajstić information content (AvgIpc) is 2.47. The fourth-order valence-corrected chi connectivity index (χ4v) is 1.38. The minimum atomic E-state index is -0.216. The summed E-state index contributed by atoms with van der Waals surface area (Å²) in [4.78, 5) is 0. The molecule has 55 valence electrons. The van der Waals surface area contributed by atoms with Gasteiger partial charge in [0.25, 0.3) is 0 Å². The standard InChI is InChI=1S/C8H8N3/c9-11-8-7-4-2-1-3-6(7)5-10-8/h1-4,8,10H,5H2. The number of nitrogens with zero attached hydrogens (tertiary/aromatic N) is 2. The van der Waals surface area contributed by atoms with Crippen molar-refractivity contribution in [2.24, 2.45) is 5.11 Å². The first kappa shape index (κ1) is 6.49. The Labute approximate surface area is 64.9 Å². The van der Waals surface area contributed by atoms with Gasteiger partial charge in [-0.3, -0.25) is 5.32 Å². The lowest BCUT2D eigenvalue weighted by molar-refractivity contribution is 0.586. The first-order valence-corrected chi connectivity index (χ1v) is 3.57. The second-order valence-electron chi connectivity index (χ2n) is 2.60. The summed E-state index contributed by atoms with van der Waals surface area (Å²) < 4.78 is 0. The van der Waals surface area contributed by atoms with E-state index in [1.165, 1.54) is 5.56 Å². The van der Waals surface area contributed by atoms with Crippen LogP contribution < -0.4 is 10.8 Å². The summed E-state index contributed by atoms with van der Waals surface area (Å²) in [5.74, 6) is 0. The van der Waals surface area contributed by atoms with E-state index in [1.807, 2.05) is 24.3 Å². The zero-order chi connectivity index (χ0) is 7.68. The topological polar surface area (TPSA) is 46.7 Å². The van der Waals surface area contributed by atoms with Crippen LogP contribution in [-0.2, 0) is 6.54 Å². The van der Waals surface area contributed by atoms with Crippen LogP contribution in [0.5, 0.6) is 0 Å². The van der Waals surface area contributed by atoms with E-state index >= 15 is 0 Å². The third kappa shape index (κ3) is 0.935. The highest BCUT2D eigenvalue weighted by Gasteiger charge is 2.19. The van der Waals surface area contributed by atoms with E-state index in [9.17, 15) is 0 Å². The summed E-state index contributed by atoms with van der Waals surface area (Å²) in [5, 5.41) is 6.27. The van der Waals surface area contributed by atoms with Gasteiger partial charge in [-0.25, -0.2) is 0 Å². The third-order valence-corrected chi connectivity index (χ3v) is 1.95. The Hall–Kier alpha value is -1.22. The summed E-state index contributed by atoms with van der Waals surface area (Å²) in [5.41, 5.74) is 10.9. The Morgan fingerprint density at radius 3 is 3.09 bits per heavy atom. The van der Waals surface area contributed by atoms with Crippen LogP contribution in [0.15, 0.2) is 29.4 Å². The molecule has 1 N–H and O–H groups in total. The van der Waals surface area contributed by atoms with E-state index in [0.717, 1.165) is 12.1 Å². The van der Waals surface area contributed by atoms with Gasteiger partial charge in [0.2, 0.25) is 0 Å². The molecule has 0 bridgehead atoms. The van der Waals surface area contributed by atoms with Gasteiger partial charge < -0.3 is 0 Å². The van der Waals surface area contributed by atoms with Crippen LogP contribution in [0.25, 0.3) is 0 Å². The fraction of sp³-hybridized carbons (Fsp3) is 0.250. The second-order valence-corrected chi connectivity index (χ2v) is 2.60. The maximum Gasteiger partial charge on any atom is 0.149 e. The molecule has 1 atom stereocenters. The Balaban J connectivity index is 2.46. The molecule has 0 aliphatic carbocycles. The van der Waals surface area contributed by atoms with Crippen molar-refractivity contribution in [3.05, 3.63) is 35.4 Å². The number of hydrogen-bond acceptors (Lipinski definition) is 2. The number of benzene rings is 1. The molecule has 1 aliphatic heterocycles. The summed E-state index contributed by atoms with van der Waals surface area (Å²) in [6, 6.07) is 7.94. The average molecular weight is 146 g/mol. The van der Waals surface area contributed by atoms with Crippen molar-refractivity contribution < 1.29 is 0 Å². The summed E-state index contributed by atoms with van der Waals surface area (Å²) in [6.07, 6.45) is -0.216. The second kappa shape index (κ2) is 2.43. The molecule has 0 aromatic heterocycles. The maximum atomic E-state index is 8.58. The van der Waals surface area contributed by atoms with E-state index < -0.39 is 0 Å². The number of rotatable bonds is 1. The zero-order valence-corrected chi connectivity index (χ0v) is 5.99. The zero-order valence-electron chi connectivity index (χ0n) is 5.99. The van der Waals surface area contributed by atoms with E-state index in [2.05, 4.69) is 10.4 Å². The third-order valence-electron chi connectivity index (χ3n) is 1.95. The van der Waals surface area contributed by atoms with E-state index in [-0.39, 0.29) is 6.17 Å². The molecular formula is C8H8N3. The Bertz CT molecular complexity index is 282. The van der Waals surface area contributed by atoms with Gasteiger partial charge in [-0.2, -0.15) is 0 Å². The minimum Gasteiger partial charge on any atom is -0.286 e. The summed E-state index contributed by atoms with van der Waals surface area (Å²) in [6.45, 7) is 0.797. The molecule has 1 aromatic rings. The van der Waals surface area contributed by atoms with Crippen molar-refractivity contribution in [2.45, 2.75) is 12.7 Å². The molecule has 3 heteroatoms. The van der Waals surface area contributed by atoms with Gasteiger partial charge in [0.15, 0.2) is 0 Å². The molecule has 11 heavy (non-hydrogen) atoms. The van der Waals surface area contributed by atoms with E-state index in [0.29, 0.717) is 0 Å². The molecule has 0 saturated heterocycles. The smallest absolute Gasteiger partial charge is 0.149 e. The predicted octanol–water partition coefficient (Wildman–Crippen LogP) is 1.04. The van der Waals surface area contributed by atoms with Crippen molar-refractivity contribution in [3.63, 3.8) is 0 Å². The van der Waals surface area contributed by atoms with Crippen molar-refractivity contribution in [2.75, 3.05) is 0 Å². The minimum absolute atomic E-state index is 0.216. The number of fused-ring (bicyclic) bond motifs is 1. The molecule has 1 aliphatic rings. The fourth-order valence-electron chi connectivity index (χ4n) is 1.38. The molecule has 1 radical (unpaired) electrons. The lowest BCUT2D eigenvalue weighted by Gasteiger charge is -2.00. The van der Waals surface area contributed by atoms with Crippen LogP contribution in [0.2, 0.25) is 0 Å². The maximum absolute atomic E-state index is 8.58. The largest absolute Gasteiger partial charge is 0.286 e. The molecule has 1 unspecified atom stereocenters. The first-order valence-electron chi connectivity index (χ1n) is 3.57. The van der Waals surface area contributed by atoms with Crippen LogP contribution in [-0.4, -0.2) is 0 Å². The van der Waals surface area contributed by atoms with Crippen LogP contribution in [0, 0.1) is 0 Å². The molecule has 0 saturated carbocycles. The van der Waals surface area contributed by atoms with Crippen molar-refractivity contribution in [3.8, 4) is 0 Å². The highest BCUT2D eigenvalue weighted by molar-refractivity contribution is 5.32. The van der Waals surface area contributed by atoms with Crippen LogP contribution in [0.4, 0.5) is 0 Å². The SMILES string of the molecule is [N]=NC1NCc2ccccc21. The van der Waals surface area contributed by atoms with Crippen LogP contribution in [0.1, 0.15) is 17.3 Å². The molecule has 0 spiro atoms. The monoisotopic (exact) mass is 146 g/mol. The molecular weight excluding hydrogens is 138 g/mol. The molecule has 1 aromatic carbocycles. The quantitative estimate of drug-likeness (QED) is 0.591. The van der Waals surface area contributed by atoms with Gasteiger partial charge >= 0.3 is 0 Å². The lowest BCUT2D eigenvalue weighted by atomic mass is 10.1. The summed E-state index contributed by atoms with van der Waals surface area (Å²) in [7, 11) is 0. The van der Waals surface area contributed by atoms with Crippen molar-refractivity contribution >= 4 is 0 Å². The van der Waals surface area contributed by atoms with Gasteiger partial charge in [0.1, 0.15) is 6.17 Å². The molecule has 0 amide bonds. The Kier molecular flexibility index (Phi) is 1.43. The Morgan fingerprint density at radius 1 is 1.45 bits per heavy atom. The van der Waals surface area contributed by atoms with Gasteiger partial charge in [0.05, 0.1) is 0 Å². The molecule has 0 fully saturated rings. The predicted molar refractivity (Wildman–Crippen MR) is 40.6 cm³/mol. The van der Waals surface area contributed by atoms with Crippen LogP contribution >= 0.6 is 0 Å². The number of nitrogens with one attached hydrogen (secondary N) is 1. The van der Waals surface area contributed by atoms with Crippen LogP contribution in [0.3, 0.4) is 0 Å².